The average molecular weight is 381 g/mol. The van der Waals surface area contributed by atoms with Crippen molar-refractivity contribution in [2.24, 2.45) is 0 Å². The third-order valence-electron chi connectivity index (χ3n) is 2.97. The molecule has 2 rings (SSSR count). The fourth-order valence-electron chi connectivity index (χ4n) is 1.86. The Hall–Kier alpha value is -1.47. The van der Waals surface area contributed by atoms with Crippen molar-refractivity contribution in [3.8, 4) is 0 Å². The molecule has 1 heterocycles. The lowest BCUT2D eigenvalue weighted by Gasteiger charge is -2.07. The van der Waals surface area contributed by atoms with Gasteiger partial charge in [0.25, 0.3) is 0 Å². The van der Waals surface area contributed by atoms with Crippen molar-refractivity contribution in [3.05, 3.63) is 40.1 Å². The number of aryl methyl sites for hydroxylation is 2. The molecule has 1 N–H and O–H groups in total. The van der Waals surface area contributed by atoms with Gasteiger partial charge in [-0.25, -0.2) is 4.98 Å². The largest absolute Gasteiger partial charge is 0.324 e. The summed E-state index contributed by atoms with van der Waals surface area (Å²) in [5, 5.41) is 11.6. The van der Waals surface area contributed by atoms with Gasteiger partial charge in [-0.3, -0.25) is 4.79 Å². The fourth-order valence-corrected chi connectivity index (χ4v) is 2.85. The van der Waals surface area contributed by atoms with Crippen LogP contribution in [0, 0.1) is 0 Å². The van der Waals surface area contributed by atoms with Gasteiger partial charge in [0.2, 0.25) is 11.1 Å². The summed E-state index contributed by atoms with van der Waals surface area (Å²) in [5.74, 6) is 0.149. The second-order valence-corrected chi connectivity index (χ2v) is 6.31. The molecule has 1 aromatic heterocycles. The number of thioether (sulfide) groups is 1. The van der Waals surface area contributed by atoms with Crippen LogP contribution in [-0.4, -0.2) is 26.8 Å². The van der Waals surface area contributed by atoms with E-state index in [0.717, 1.165) is 34.4 Å². The number of halogens is 1. The van der Waals surface area contributed by atoms with Crippen LogP contribution in [0.1, 0.15) is 25.2 Å². The highest BCUT2D eigenvalue weighted by atomic mass is 79.9. The molecule has 22 heavy (non-hydrogen) atoms. The van der Waals surface area contributed by atoms with E-state index in [4.69, 9.17) is 0 Å². The van der Waals surface area contributed by atoms with Gasteiger partial charge in [0, 0.05) is 4.47 Å². The molecule has 116 valence electrons. The summed E-state index contributed by atoms with van der Waals surface area (Å²) in [6.45, 7) is 4.07. The molecule has 0 saturated heterocycles. The first kappa shape index (κ1) is 16.9. The molecule has 5 nitrogen and oxygen atoms in total. The molecule has 0 radical (unpaired) electrons. The topological polar surface area (TPSA) is 67.8 Å². The minimum Gasteiger partial charge on any atom is -0.324 e. The van der Waals surface area contributed by atoms with E-state index in [1.54, 1.807) is 0 Å². The molecule has 0 fully saturated rings. The van der Waals surface area contributed by atoms with Crippen molar-refractivity contribution in [2.75, 3.05) is 11.1 Å². The van der Waals surface area contributed by atoms with Gasteiger partial charge < -0.3 is 5.32 Å². The van der Waals surface area contributed by atoms with Gasteiger partial charge >= 0.3 is 0 Å². The predicted molar refractivity (Wildman–Crippen MR) is 92.1 cm³/mol. The number of nitrogens with zero attached hydrogens (tertiary/aromatic N) is 3. The van der Waals surface area contributed by atoms with E-state index in [9.17, 15) is 4.79 Å². The number of anilines is 1. The van der Waals surface area contributed by atoms with Crippen molar-refractivity contribution < 1.29 is 4.79 Å². The molecule has 0 aliphatic rings. The first-order chi connectivity index (χ1) is 10.6. The van der Waals surface area contributed by atoms with Crippen molar-refractivity contribution >= 4 is 39.3 Å². The predicted octanol–water partition coefficient (Wildman–Crippen LogP) is 3.49. The molecule has 1 aromatic carbocycles. The van der Waals surface area contributed by atoms with Gasteiger partial charge in [0.05, 0.1) is 22.8 Å². The van der Waals surface area contributed by atoms with Gasteiger partial charge in [0.15, 0.2) is 0 Å². The molecule has 0 atom stereocenters. The van der Waals surface area contributed by atoms with Crippen molar-refractivity contribution in [3.63, 3.8) is 0 Å². The molecular formula is C15H17BrN4OS. The van der Waals surface area contributed by atoms with Crippen LogP contribution in [0.15, 0.2) is 33.9 Å². The Bertz CT molecular complexity index is 666. The van der Waals surface area contributed by atoms with E-state index in [0.29, 0.717) is 5.16 Å². The number of benzene rings is 1. The molecular weight excluding hydrogens is 364 g/mol. The highest BCUT2D eigenvalue weighted by Crippen LogP contribution is 2.22. The number of amides is 1. The number of rotatable bonds is 6. The number of hydrogen-bond acceptors (Lipinski definition) is 5. The van der Waals surface area contributed by atoms with Crippen LogP contribution in [0.3, 0.4) is 0 Å². The van der Waals surface area contributed by atoms with Crippen LogP contribution in [-0.2, 0) is 17.6 Å². The number of nitrogens with one attached hydrogen (secondary N) is 1. The van der Waals surface area contributed by atoms with E-state index in [1.807, 2.05) is 38.1 Å². The Morgan fingerprint density at radius 3 is 2.59 bits per heavy atom. The maximum atomic E-state index is 12.0. The van der Waals surface area contributed by atoms with Crippen LogP contribution in [0.5, 0.6) is 0 Å². The van der Waals surface area contributed by atoms with Gasteiger partial charge in [-0.05, 0) is 40.9 Å². The minimum absolute atomic E-state index is 0.0990. The summed E-state index contributed by atoms with van der Waals surface area (Å²) in [7, 11) is 0. The van der Waals surface area contributed by atoms with Gasteiger partial charge in [-0.2, -0.15) is 5.10 Å². The highest BCUT2D eigenvalue weighted by molar-refractivity contribution is 9.10. The molecule has 0 saturated carbocycles. The Morgan fingerprint density at radius 2 is 1.91 bits per heavy atom. The molecule has 0 aliphatic heterocycles. The van der Waals surface area contributed by atoms with Crippen LogP contribution < -0.4 is 5.32 Å². The van der Waals surface area contributed by atoms with Crippen LogP contribution in [0.4, 0.5) is 5.69 Å². The van der Waals surface area contributed by atoms with Crippen LogP contribution in [0.25, 0.3) is 0 Å². The van der Waals surface area contributed by atoms with E-state index < -0.39 is 0 Å². The minimum atomic E-state index is -0.0990. The van der Waals surface area contributed by atoms with Gasteiger partial charge in [-0.1, -0.05) is 37.7 Å². The molecule has 0 unspecified atom stereocenters. The van der Waals surface area contributed by atoms with E-state index >= 15 is 0 Å². The SMILES string of the molecule is CCc1nnc(SCC(=O)Nc2ccccc2Br)nc1CC. The first-order valence-electron chi connectivity index (χ1n) is 7.03. The maximum absolute atomic E-state index is 12.0. The lowest BCUT2D eigenvalue weighted by atomic mass is 10.2. The van der Waals surface area contributed by atoms with Crippen molar-refractivity contribution in [2.45, 2.75) is 31.8 Å². The quantitative estimate of drug-likeness (QED) is 0.776. The summed E-state index contributed by atoms with van der Waals surface area (Å²) in [5.41, 5.74) is 2.62. The number of para-hydroxylation sites is 1. The zero-order chi connectivity index (χ0) is 15.9. The zero-order valence-corrected chi connectivity index (χ0v) is 14.9. The summed E-state index contributed by atoms with van der Waals surface area (Å²) < 4.78 is 0.854. The highest BCUT2D eigenvalue weighted by Gasteiger charge is 2.10. The van der Waals surface area contributed by atoms with Crippen LogP contribution >= 0.6 is 27.7 Å². The Balaban J connectivity index is 1.95. The third kappa shape index (κ3) is 4.51. The number of carbonyl (C=O) groups is 1. The Morgan fingerprint density at radius 1 is 1.18 bits per heavy atom. The fraction of sp³-hybridized carbons (Fsp3) is 0.333. The monoisotopic (exact) mass is 380 g/mol. The molecule has 0 aliphatic carbocycles. The second-order valence-electron chi connectivity index (χ2n) is 4.51. The summed E-state index contributed by atoms with van der Waals surface area (Å²) in [6.07, 6.45) is 1.63. The zero-order valence-electron chi connectivity index (χ0n) is 12.5. The molecule has 1 amide bonds. The number of aromatic nitrogens is 3. The average Bonchev–Trinajstić information content (AvgIpc) is 2.54. The number of hydrogen-bond donors (Lipinski definition) is 1. The van der Waals surface area contributed by atoms with E-state index in [2.05, 4.69) is 36.4 Å². The van der Waals surface area contributed by atoms with E-state index in [1.165, 1.54) is 11.8 Å². The molecule has 0 spiro atoms. The smallest absolute Gasteiger partial charge is 0.234 e. The Kier molecular flexibility index (Phi) is 6.33. The summed E-state index contributed by atoms with van der Waals surface area (Å²) in [6, 6.07) is 7.50. The molecule has 0 bridgehead atoms. The van der Waals surface area contributed by atoms with Crippen LogP contribution in [0.2, 0.25) is 0 Å². The maximum Gasteiger partial charge on any atom is 0.234 e. The van der Waals surface area contributed by atoms with Gasteiger partial charge in [-0.15, -0.1) is 5.10 Å². The van der Waals surface area contributed by atoms with Crippen molar-refractivity contribution in [1.82, 2.24) is 15.2 Å². The molecule has 7 heteroatoms. The summed E-state index contributed by atoms with van der Waals surface area (Å²) >= 11 is 4.69. The first-order valence-corrected chi connectivity index (χ1v) is 8.81. The lowest BCUT2D eigenvalue weighted by molar-refractivity contribution is -0.113. The number of carbonyl (C=O) groups excluding carboxylic acids is 1. The van der Waals surface area contributed by atoms with Crippen molar-refractivity contribution in [1.29, 1.82) is 0 Å². The van der Waals surface area contributed by atoms with Gasteiger partial charge in [0.1, 0.15) is 0 Å². The Labute approximate surface area is 142 Å². The van der Waals surface area contributed by atoms with E-state index in [-0.39, 0.29) is 11.7 Å². The third-order valence-corrected chi connectivity index (χ3v) is 4.50. The second kappa shape index (κ2) is 8.24. The normalized spacial score (nSPS) is 10.5. The summed E-state index contributed by atoms with van der Waals surface area (Å²) in [4.78, 5) is 16.4. The standard InChI is InChI=1S/C15H17BrN4OS/c1-3-11-12(4-2)19-20-15(18-11)22-9-14(21)17-13-8-6-5-7-10(13)16/h5-8H,3-4,9H2,1-2H3,(H,17,21). The lowest BCUT2D eigenvalue weighted by Crippen LogP contribution is -2.15. The molecule has 2 aromatic rings.